The van der Waals surface area contributed by atoms with Gasteiger partial charge in [-0.1, -0.05) is 26.0 Å². The number of hydrogen-bond donors (Lipinski definition) is 1. The van der Waals surface area contributed by atoms with Gasteiger partial charge in [0, 0.05) is 19.3 Å². The van der Waals surface area contributed by atoms with Crippen LogP contribution in [-0.4, -0.2) is 46.1 Å². The number of nitrogens with one attached hydrogen (secondary N) is 1. The van der Waals surface area contributed by atoms with E-state index < -0.39 is 0 Å². The molecule has 1 aliphatic rings. The Hall–Kier alpha value is -2.67. The van der Waals surface area contributed by atoms with Crippen molar-refractivity contribution < 1.29 is 4.74 Å². The van der Waals surface area contributed by atoms with Crippen molar-refractivity contribution in [3.05, 3.63) is 45.4 Å². The first-order valence-corrected chi connectivity index (χ1v) is 9.38. The Morgan fingerprint density at radius 3 is 2.44 bits per heavy atom. The highest BCUT2D eigenvalue weighted by Crippen LogP contribution is 2.25. The van der Waals surface area contributed by atoms with Gasteiger partial charge in [0.05, 0.1) is 18.9 Å². The number of hydrogen-bond acceptors (Lipinski definition) is 5. The van der Waals surface area contributed by atoms with E-state index in [2.05, 4.69) is 54.9 Å². The zero-order valence-electron chi connectivity index (χ0n) is 16.2. The van der Waals surface area contributed by atoms with Crippen molar-refractivity contribution in [2.24, 2.45) is 0 Å². The fourth-order valence-electron chi connectivity index (χ4n) is 3.63. The minimum Gasteiger partial charge on any atom is -0.378 e. The summed E-state index contributed by atoms with van der Waals surface area (Å²) in [5, 5.41) is 5.12. The Labute approximate surface area is 158 Å². The summed E-state index contributed by atoms with van der Waals surface area (Å²) in [6, 6.07) is 4.38. The van der Waals surface area contributed by atoms with Gasteiger partial charge in [0.2, 0.25) is 5.95 Å². The third-order valence-electron chi connectivity index (χ3n) is 5.10. The molecular formula is C20H25N5O2. The number of aryl methyl sites for hydroxylation is 2. The second-order valence-electron chi connectivity index (χ2n) is 7.46. The van der Waals surface area contributed by atoms with Crippen LogP contribution in [0.3, 0.4) is 0 Å². The lowest BCUT2D eigenvalue weighted by Gasteiger charge is -2.26. The van der Waals surface area contributed by atoms with Crippen LogP contribution in [0.4, 0.5) is 5.95 Å². The minimum atomic E-state index is -0.165. The van der Waals surface area contributed by atoms with Crippen LogP contribution in [0, 0.1) is 13.8 Å². The molecule has 1 aliphatic heterocycles. The van der Waals surface area contributed by atoms with Gasteiger partial charge >= 0.3 is 0 Å². The summed E-state index contributed by atoms with van der Waals surface area (Å²) in [5.74, 6) is 1.03. The molecule has 0 aliphatic carbocycles. The van der Waals surface area contributed by atoms with Crippen LogP contribution < -0.4 is 10.5 Å². The lowest BCUT2D eigenvalue weighted by molar-refractivity contribution is 0.122. The summed E-state index contributed by atoms with van der Waals surface area (Å²) >= 11 is 0. The van der Waals surface area contributed by atoms with Crippen LogP contribution in [0.1, 0.15) is 36.5 Å². The van der Waals surface area contributed by atoms with Gasteiger partial charge in [-0.3, -0.25) is 9.78 Å². The van der Waals surface area contributed by atoms with Gasteiger partial charge in [-0.15, -0.1) is 5.10 Å². The summed E-state index contributed by atoms with van der Waals surface area (Å²) in [4.78, 5) is 22.1. The first-order valence-electron chi connectivity index (χ1n) is 9.38. The van der Waals surface area contributed by atoms with Crippen molar-refractivity contribution in [3.63, 3.8) is 0 Å². The topological polar surface area (TPSA) is 76.0 Å². The highest BCUT2D eigenvalue weighted by atomic mass is 16.5. The number of fused-ring (bicyclic) bond motifs is 1. The molecule has 0 atom stereocenters. The van der Waals surface area contributed by atoms with Crippen LogP contribution in [0.2, 0.25) is 0 Å². The molecule has 0 amide bonds. The Bertz CT molecular complexity index is 1020. The maximum Gasteiger partial charge on any atom is 0.263 e. The Morgan fingerprint density at radius 1 is 1.15 bits per heavy atom. The molecule has 7 nitrogen and oxygen atoms in total. The van der Waals surface area contributed by atoms with E-state index in [9.17, 15) is 4.79 Å². The molecule has 0 spiro atoms. The van der Waals surface area contributed by atoms with E-state index in [-0.39, 0.29) is 5.56 Å². The van der Waals surface area contributed by atoms with Gasteiger partial charge in [-0.05, 0) is 36.5 Å². The van der Waals surface area contributed by atoms with Crippen LogP contribution >= 0.6 is 0 Å². The smallest absolute Gasteiger partial charge is 0.263 e. The maximum absolute atomic E-state index is 12.6. The van der Waals surface area contributed by atoms with E-state index in [0.29, 0.717) is 49.2 Å². The van der Waals surface area contributed by atoms with Gasteiger partial charge in [-0.2, -0.15) is 4.98 Å². The molecule has 1 fully saturated rings. The second-order valence-corrected chi connectivity index (χ2v) is 7.46. The summed E-state index contributed by atoms with van der Waals surface area (Å²) in [6.07, 6.45) is 1.77. The lowest BCUT2D eigenvalue weighted by atomic mass is 9.97. The van der Waals surface area contributed by atoms with E-state index in [1.165, 1.54) is 5.56 Å². The lowest BCUT2D eigenvalue weighted by Crippen LogP contribution is -2.38. The Balaban J connectivity index is 1.80. The average molecular weight is 367 g/mol. The number of aromatic amines is 1. The molecule has 3 heterocycles. The molecule has 3 aromatic rings. The van der Waals surface area contributed by atoms with Crippen molar-refractivity contribution in [1.29, 1.82) is 0 Å². The van der Waals surface area contributed by atoms with E-state index in [1.54, 1.807) is 10.9 Å². The molecular weight excluding hydrogens is 342 g/mol. The van der Waals surface area contributed by atoms with Crippen molar-refractivity contribution >= 4 is 17.0 Å². The predicted octanol–water partition coefficient (Wildman–Crippen LogP) is 2.69. The van der Waals surface area contributed by atoms with Gasteiger partial charge in [0.25, 0.3) is 5.56 Å². The highest BCUT2D eigenvalue weighted by Gasteiger charge is 2.18. The van der Waals surface area contributed by atoms with Crippen LogP contribution in [0.15, 0.2) is 23.1 Å². The van der Waals surface area contributed by atoms with Gasteiger partial charge in [0.15, 0.2) is 5.65 Å². The van der Waals surface area contributed by atoms with Crippen LogP contribution in [0.5, 0.6) is 0 Å². The van der Waals surface area contributed by atoms with Gasteiger partial charge < -0.3 is 9.64 Å². The zero-order valence-corrected chi connectivity index (χ0v) is 16.2. The number of anilines is 1. The van der Waals surface area contributed by atoms with Gasteiger partial charge in [-0.25, -0.2) is 4.68 Å². The molecule has 2 aromatic heterocycles. The molecule has 27 heavy (non-hydrogen) atoms. The number of nitrogens with zero attached hydrogens (tertiary/aromatic N) is 4. The van der Waals surface area contributed by atoms with Gasteiger partial charge in [0.1, 0.15) is 5.39 Å². The normalized spacial score (nSPS) is 15.1. The van der Waals surface area contributed by atoms with Crippen LogP contribution in [0.25, 0.3) is 16.7 Å². The fraction of sp³-hybridized carbons (Fsp3) is 0.450. The third-order valence-corrected chi connectivity index (χ3v) is 5.10. The highest BCUT2D eigenvalue weighted by molar-refractivity contribution is 5.75. The van der Waals surface area contributed by atoms with Crippen molar-refractivity contribution in [3.8, 4) is 5.69 Å². The summed E-state index contributed by atoms with van der Waals surface area (Å²) < 4.78 is 7.15. The first-order chi connectivity index (χ1) is 12.9. The number of H-pyrrole nitrogens is 1. The number of morpholine rings is 1. The largest absolute Gasteiger partial charge is 0.378 e. The monoisotopic (exact) mass is 367 g/mol. The van der Waals surface area contributed by atoms with Crippen LogP contribution in [-0.2, 0) is 4.74 Å². The van der Waals surface area contributed by atoms with E-state index >= 15 is 0 Å². The summed E-state index contributed by atoms with van der Waals surface area (Å²) in [6.45, 7) is 11.2. The van der Waals surface area contributed by atoms with Crippen molar-refractivity contribution in [1.82, 2.24) is 19.7 Å². The molecule has 4 rings (SSSR count). The molecule has 1 saturated heterocycles. The molecule has 0 saturated carbocycles. The fourth-order valence-corrected chi connectivity index (χ4v) is 3.63. The minimum absolute atomic E-state index is 0.165. The second kappa shape index (κ2) is 6.81. The zero-order chi connectivity index (χ0) is 19.1. The van der Waals surface area contributed by atoms with E-state index in [0.717, 1.165) is 16.8 Å². The molecule has 0 unspecified atom stereocenters. The molecule has 0 radical (unpaired) electrons. The molecule has 1 N–H and O–H groups in total. The standard InChI is InChI=1S/C20H25N5O2/c1-12(2)15-9-13(3)17(14(4)10-15)25-11-16-18(23-25)21-20(22-19(16)26)24-5-7-27-8-6-24/h9-12H,5-8H2,1-4H3,(H,21,22,23,26). The molecule has 1 aromatic carbocycles. The van der Waals surface area contributed by atoms with E-state index in [4.69, 9.17) is 4.74 Å². The number of rotatable bonds is 3. The van der Waals surface area contributed by atoms with Crippen molar-refractivity contribution in [2.75, 3.05) is 31.2 Å². The summed E-state index contributed by atoms with van der Waals surface area (Å²) in [5.41, 5.74) is 4.88. The average Bonchev–Trinajstić information content (AvgIpc) is 3.06. The first kappa shape index (κ1) is 17.7. The number of benzene rings is 1. The maximum atomic E-state index is 12.6. The third kappa shape index (κ3) is 3.23. The number of aromatic nitrogens is 4. The quantitative estimate of drug-likeness (QED) is 0.770. The number of ether oxygens (including phenoxy) is 1. The Kier molecular flexibility index (Phi) is 4.47. The SMILES string of the molecule is Cc1cc(C(C)C)cc(C)c1-n1cc2c(=O)[nH]c(N3CCOCC3)nc2n1. The van der Waals surface area contributed by atoms with E-state index in [1.807, 2.05) is 4.90 Å². The predicted molar refractivity (Wildman–Crippen MR) is 106 cm³/mol. The molecule has 142 valence electrons. The summed E-state index contributed by atoms with van der Waals surface area (Å²) in [7, 11) is 0. The molecule has 7 heteroatoms. The van der Waals surface area contributed by atoms with Crippen molar-refractivity contribution in [2.45, 2.75) is 33.6 Å². The molecule has 0 bridgehead atoms. The Morgan fingerprint density at radius 2 is 1.81 bits per heavy atom.